The van der Waals surface area contributed by atoms with E-state index in [0.717, 1.165) is 22.5 Å². The Labute approximate surface area is 151 Å². The largest absolute Gasteiger partial charge is 0.349 e. The summed E-state index contributed by atoms with van der Waals surface area (Å²) < 4.78 is 15.6. The Morgan fingerprint density at radius 2 is 1.88 bits per heavy atom. The van der Waals surface area contributed by atoms with Crippen LogP contribution in [-0.2, 0) is 11.2 Å². The molecule has 0 saturated carbocycles. The van der Waals surface area contributed by atoms with Gasteiger partial charge in [-0.25, -0.2) is 9.07 Å². The third-order valence-electron chi connectivity index (χ3n) is 4.44. The lowest BCUT2D eigenvalue weighted by atomic mass is 10.1. The molecule has 0 bridgehead atoms. The topological polar surface area (TPSA) is 59.8 Å². The molecule has 1 N–H and O–H groups in total. The summed E-state index contributed by atoms with van der Waals surface area (Å²) in [5.74, 6) is -0.450. The lowest BCUT2D eigenvalue weighted by Gasteiger charge is -2.14. The van der Waals surface area contributed by atoms with Crippen molar-refractivity contribution < 1.29 is 9.18 Å². The third-order valence-corrected chi connectivity index (χ3v) is 4.44. The molecule has 0 saturated heterocycles. The number of aryl methyl sites for hydroxylation is 1. The van der Waals surface area contributed by atoms with Crippen LogP contribution < -0.4 is 5.32 Å². The highest BCUT2D eigenvalue weighted by Crippen LogP contribution is 2.21. The first kappa shape index (κ1) is 17.8. The standard InChI is InChI=1S/C20H21FN4O/c1-13(16-8-10-22-11-9-16)23-20(26)12-17-14(2)24-25(15(17)3)19-7-5-4-6-18(19)21/h4-11,13H,12H2,1-3H3,(H,23,26)/t13-/m1/s1. The molecule has 0 aliphatic rings. The molecule has 134 valence electrons. The van der Waals surface area contributed by atoms with Crippen molar-refractivity contribution in [3.8, 4) is 5.69 Å². The number of para-hydroxylation sites is 1. The number of hydrogen-bond donors (Lipinski definition) is 1. The fourth-order valence-corrected chi connectivity index (χ4v) is 2.98. The van der Waals surface area contributed by atoms with Crippen LogP contribution in [0.5, 0.6) is 0 Å². The maximum Gasteiger partial charge on any atom is 0.225 e. The average Bonchev–Trinajstić information content (AvgIpc) is 2.91. The molecule has 0 unspecified atom stereocenters. The van der Waals surface area contributed by atoms with E-state index in [1.54, 1.807) is 35.3 Å². The molecule has 1 atom stereocenters. The summed E-state index contributed by atoms with van der Waals surface area (Å²) in [7, 11) is 0. The van der Waals surface area contributed by atoms with Crippen molar-refractivity contribution in [1.82, 2.24) is 20.1 Å². The van der Waals surface area contributed by atoms with Crippen LogP contribution >= 0.6 is 0 Å². The van der Waals surface area contributed by atoms with Gasteiger partial charge in [0.25, 0.3) is 0 Å². The first-order valence-corrected chi connectivity index (χ1v) is 8.46. The molecule has 1 aromatic carbocycles. The van der Waals surface area contributed by atoms with Gasteiger partial charge in [0, 0.05) is 23.7 Å². The van der Waals surface area contributed by atoms with Gasteiger partial charge < -0.3 is 5.32 Å². The number of rotatable bonds is 5. The molecule has 6 heteroatoms. The normalized spacial score (nSPS) is 12.0. The lowest BCUT2D eigenvalue weighted by Crippen LogP contribution is -2.28. The fraction of sp³-hybridized carbons (Fsp3) is 0.250. The van der Waals surface area contributed by atoms with Crippen molar-refractivity contribution in [1.29, 1.82) is 0 Å². The second-order valence-corrected chi connectivity index (χ2v) is 6.26. The van der Waals surface area contributed by atoms with E-state index in [-0.39, 0.29) is 24.2 Å². The van der Waals surface area contributed by atoms with Gasteiger partial charge in [-0.2, -0.15) is 5.10 Å². The zero-order valence-corrected chi connectivity index (χ0v) is 15.0. The Hall–Kier alpha value is -3.02. The minimum Gasteiger partial charge on any atom is -0.349 e. The minimum atomic E-state index is -0.347. The van der Waals surface area contributed by atoms with Crippen LogP contribution in [0.15, 0.2) is 48.8 Å². The van der Waals surface area contributed by atoms with Crippen molar-refractivity contribution in [3.63, 3.8) is 0 Å². The predicted octanol–water partition coefficient (Wildman–Crippen LogP) is 3.44. The summed E-state index contributed by atoms with van der Waals surface area (Å²) in [6, 6.07) is 10.1. The summed E-state index contributed by atoms with van der Waals surface area (Å²) in [4.78, 5) is 16.5. The molecular weight excluding hydrogens is 331 g/mol. The van der Waals surface area contributed by atoms with Crippen molar-refractivity contribution >= 4 is 5.91 Å². The Balaban J connectivity index is 1.78. The van der Waals surface area contributed by atoms with Gasteiger partial charge in [-0.1, -0.05) is 12.1 Å². The summed E-state index contributed by atoms with van der Waals surface area (Å²) in [5.41, 5.74) is 3.67. The zero-order chi connectivity index (χ0) is 18.7. The maximum atomic E-state index is 14.1. The van der Waals surface area contributed by atoms with Crippen molar-refractivity contribution in [2.75, 3.05) is 0 Å². The monoisotopic (exact) mass is 352 g/mol. The van der Waals surface area contributed by atoms with Crippen LogP contribution in [0.25, 0.3) is 5.69 Å². The van der Waals surface area contributed by atoms with Gasteiger partial charge in [0.05, 0.1) is 18.2 Å². The number of nitrogens with one attached hydrogen (secondary N) is 1. The number of benzene rings is 1. The summed E-state index contributed by atoms with van der Waals surface area (Å²) in [6.45, 7) is 5.61. The molecule has 26 heavy (non-hydrogen) atoms. The number of aromatic nitrogens is 3. The maximum absolute atomic E-state index is 14.1. The number of nitrogens with zero attached hydrogens (tertiary/aromatic N) is 3. The highest BCUT2D eigenvalue weighted by molar-refractivity contribution is 5.79. The van der Waals surface area contributed by atoms with E-state index in [2.05, 4.69) is 15.4 Å². The Morgan fingerprint density at radius 3 is 2.58 bits per heavy atom. The predicted molar refractivity (Wildman–Crippen MR) is 97.5 cm³/mol. The van der Waals surface area contributed by atoms with Crippen LogP contribution in [0.4, 0.5) is 4.39 Å². The van der Waals surface area contributed by atoms with Crippen LogP contribution in [0.3, 0.4) is 0 Å². The number of pyridine rings is 1. The van der Waals surface area contributed by atoms with Gasteiger partial charge in [-0.05, 0) is 50.6 Å². The Morgan fingerprint density at radius 1 is 1.19 bits per heavy atom. The second-order valence-electron chi connectivity index (χ2n) is 6.26. The molecule has 0 spiro atoms. The van der Waals surface area contributed by atoms with Crippen molar-refractivity contribution in [3.05, 3.63) is 77.1 Å². The van der Waals surface area contributed by atoms with E-state index in [0.29, 0.717) is 5.69 Å². The molecule has 2 aromatic heterocycles. The zero-order valence-electron chi connectivity index (χ0n) is 15.0. The molecule has 3 aromatic rings. The molecule has 0 aliphatic heterocycles. The number of carbonyl (C=O) groups excluding carboxylic acids is 1. The van der Waals surface area contributed by atoms with Crippen LogP contribution in [0.1, 0.15) is 35.5 Å². The molecule has 0 fully saturated rings. The van der Waals surface area contributed by atoms with E-state index in [1.807, 2.05) is 32.9 Å². The number of hydrogen-bond acceptors (Lipinski definition) is 3. The van der Waals surface area contributed by atoms with E-state index in [4.69, 9.17) is 0 Å². The van der Waals surface area contributed by atoms with Gasteiger partial charge in [-0.3, -0.25) is 9.78 Å². The first-order valence-electron chi connectivity index (χ1n) is 8.46. The third kappa shape index (κ3) is 3.64. The molecule has 0 radical (unpaired) electrons. The van der Waals surface area contributed by atoms with E-state index < -0.39 is 0 Å². The molecule has 2 heterocycles. The number of halogens is 1. The van der Waals surface area contributed by atoms with Crippen molar-refractivity contribution in [2.45, 2.75) is 33.2 Å². The lowest BCUT2D eigenvalue weighted by molar-refractivity contribution is -0.121. The van der Waals surface area contributed by atoms with Gasteiger partial charge in [0.15, 0.2) is 0 Å². The van der Waals surface area contributed by atoms with Crippen LogP contribution in [0, 0.1) is 19.7 Å². The van der Waals surface area contributed by atoms with E-state index in [1.165, 1.54) is 6.07 Å². The van der Waals surface area contributed by atoms with Gasteiger partial charge in [0.2, 0.25) is 5.91 Å². The Bertz CT molecular complexity index is 921. The molecule has 1 amide bonds. The van der Waals surface area contributed by atoms with E-state index >= 15 is 0 Å². The minimum absolute atomic E-state index is 0.103. The van der Waals surface area contributed by atoms with E-state index in [9.17, 15) is 9.18 Å². The quantitative estimate of drug-likeness (QED) is 0.765. The summed E-state index contributed by atoms with van der Waals surface area (Å²) in [5, 5.41) is 7.40. The SMILES string of the molecule is Cc1nn(-c2ccccc2F)c(C)c1CC(=O)N[C@H](C)c1ccncc1. The second kappa shape index (κ2) is 7.47. The number of carbonyl (C=O) groups is 1. The molecular formula is C20H21FN4O. The summed E-state index contributed by atoms with van der Waals surface area (Å²) >= 11 is 0. The molecule has 5 nitrogen and oxygen atoms in total. The van der Waals surface area contributed by atoms with Gasteiger partial charge in [-0.15, -0.1) is 0 Å². The van der Waals surface area contributed by atoms with Crippen molar-refractivity contribution in [2.24, 2.45) is 0 Å². The average molecular weight is 352 g/mol. The first-order chi connectivity index (χ1) is 12.5. The van der Waals surface area contributed by atoms with Gasteiger partial charge in [0.1, 0.15) is 11.5 Å². The molecule has 3 rings (SSSR count). The highest BCUT2D eigenvalue weighted by Gasteiger charge is 2.18. The highest BCUT2D eigenvalue weighted by atomic mass is 19.1. The van der Waals surface area contributed by atoms with Gasteiger partial charge >= 0.3 is 0 Å². The smallest absolute Gasteiger partial charge is 0.225 e. The van der Waals surface area contributed by atoms with Crippen LogP contribution in [-0.4, -0.2) is 20.7 Å². The van der Waals surface area contributed by atoms with Crippen LogP contribution in [0.2, 0.25) is 0 Å². The Kier molecular flexibility index (Phi) is 5.11. The summed E-state index contributed by atoms with van der Waals surface area (Å²) in [6.07, 6.45) is 3.59. The fourth-order valence-electron chi connectivity index (χ4n) is 2.98. The molecule has 0 aliphatic carbocycles. The number of amides is 1.